The van der Waals surface area contributed by atoms with Crippen molar-refractivity contribution in [2.24, 2.45) is 10.7 Å². The Hall–Kier alpha value is -1.71. The number of nitrogens with one attached hydrogen (secondary N) is 1. The lowest BCUT2D eigenvalue weighted by atomic mass is 10.2. The molecule has 1 saturated heterocycles. The molecule has 1 aliphatic rings. The molecule has 0 atom stereocenters. The van der Waals surface area contributed by atoms with Crippen LogP contribution in [0.1, 0.15) is 12.0 Å². The van der Waals surface area contributed by atoms with E-state index in [9.17, 15) is 0 Å². The first kappa shape index (κ1) is 10.8. The average Bonchev–Trinajstić information content (AvgIpc) is 2.25. The Morgan fingerprint density at radius 2 is 2.06 bits per heavy atom. The third-order valence-electron chi connectivity index (χ3n) is 2.85. The fraction of sp³-hybridized carbons (Fsp3) is 0.417. The SMILES string of the molecule is CNc1ccc(CN=C(N)N2CCC2)cc1. The van der Waals surface area contributed by atoms with Gasteiger partial charge in [-0.25, -0.2) is 4.99 Å². The molecule has 0 unspecified atom stereocenters. The van der Waals surface area contributed by atoms with Gasteiger partial charge in [-0.3, -0.25) is 0 Å². The van der Waals surface area contributed by atoms with E-state index in [1.54, 1.807) is 0 Å². The Balaban J connectivity index is 1.92. The van der Waals surface area contributed by atoms with E-state index in [-0.39, 0.29) is 0 Å². The summed E-state index contributed by atoms with van der Waals surface area (Å²) in [6, 6.07) is 8.23. The highest BCUT2D eigenvalue weighted by molar-refractivity contribution is 5.78. The minimum atomic E-state index is 0.659. The molecule has 1 aliphatic heterocycles. The van der Waals surface area contributed by atoms with Crippen molar-refractivity contribution in [3.63, 3.8) is 0 Å². The predicted molar refractivity (Wildman–Crippen MR) is 67.5 cm³/mol. The van der Waals surface area contributed by atoms with Crippen LogP contribution in [0.4, 0.5) is 5.69 Å². The second-order valence-corrected chi connectivity index (χ2v) is 3.96. The zero-order chi connectivity index (χ0) is 11.4. The molecule has 3 N–H and O–H groups in total. The number of nitrogens with two attached hydrogens (primary N) is 1. The van der Waals surface area contributed by atoms with Crippen molar-refractivity contribution in [3.05, 3.63) is 29.8 Å². The molecule has 0 spiro atoms. The molecular formula is C12H18N4. The van der Waals surface area contributed by atoms with Gasteiger partial charge in [0.05, 0.1) is 6.54 Å². The summed E-state index contributed by atoms with van der Waals surface area (Å²) in [5.74, 6) is 0.670. The standard InChI is InChI=1S/C12H18N4/c1-14-11-5-3-10(4-6-11)9-15-12(13)16-7-2-8-16/h3-6,14H,2,7-9H2,1H3,(H2,13,15). The predicted octanol–water partition coefficient (Wildman–Crippen LogP) is 1.25. The number of rotatable bonds is 3. The van der Waals surface area contributed by atoms with Crippen LogP contribution in [-0.4, -0.2) is 31.0 Å². The van der Waals surface area contributed by atoms with Gasteiger partial charge in [0.2, 0.25) is 0 Å². The van der Waals surface area contributed by atoms with Gasteiger partial charge >= 0.3 is 0 Å². The van der Waals surface area contributed by atoms with E-state index in [2.05, 4.69) is 27.3 Å². The number of anilines is 1. The molecule has 1 aromatic rings. The molecule has 0 amide bonds. The Kier molecular flexibility index (Phi) is 3.29. The van der Waals surface area contributed by atoms with Gasteiger partial charge in [-0.15, -0.1) is 0 Å². The van der Waals surface area contributed by atoms with E-state index in [0.717, 1.165) is 18.8 Å². The fourth-order valence-electron chi connectivity index (χ4n) is 1.59. The van der Waals surface area contributed by atoms with Crippen molar-refractivity contribution < 1.29 is 0 Å². The first-order chi connectivity index (χ1) is 7.79. The lowest BCUT2D eigenvalue weighted by molar-refractivity contribution is 0.295. The van der Waals surface area contributed by atoms with Crippen LogP contribution >= 0.6 is 0 Å². The molecule has 0 aliphatic carbocycles. The van der Waals surface area contributed by atoms with Crippen molar-refractivity contribution >= 4 is 11.6 Å². The smallest absolute Gasteiger partial charge is 0.191 e. The second-order valence-electron chi connectivity index (χ2n) is 3.96. The molecule has 0 bridgehead atoms. The fourth-order valence-corrected chi connectivity index (χ4v) is 1.59. The molecular weight excluding hydrogens is 200 g/mol. The summed E-state index contributed by atoms with van der Waals surface area (Å²) in [5, 5.41) is 3.09. The van der Waals surface area contributed by atoms with Crippen LogP contribution in [0.5, 0.6) is 0 Å². The summed E-state index contributed by atoms with van der Waals surface area (Å²) >= 11 is 0. The number of nitrogens with zero attached hydrogens (tertiary/aromatic N) is 2. The maximum Gasteiger partial charge on any atom is 0.191 e. The van der Waals surface area contributed by atoms with Crippen LogP contribution < -0.4 is 11.1 Å². The second kappa shape index (κ2) is 4.88. The Bertz CT molecular complexity index is 365. The summed E-state index contributed by atoms with van der Waals surface area (Å²) in [6.07, 6.45) is 1.23. The van der Waals surface area contributed by atoms with Crippen molar-refractivity contribution in [2.45, 2.75) is 13.0 Å². The summed E-state index contributed by atoms with van der Waals surface area (Å²) in [7, 11) is 1.91. The van der Waals surface area contributed by atoms with Gasteiger partial charge in [0.25, 0.3) is 0 Å². The van der Waals surface area contributed by atoms with E-state index < -0.39 is 0 Å². The molecule has 1 fully saturated rings. The summed E-state index contributed by atoms with van der Waals surface area (Å²) < 4.78 is 0. The normalized spacial score (nSPS) is 15.8. The molecule has 16 heavy (non-hydrogen) atoms. The maximum absolute atomic E-state index is 5.85. The van der Waals surface area contributed by atoms with E-state index in [0.29, 0.717) is 12.5 Å². The molecule has 1 heterocycles. The van der Waals surface area contributed by atoms with Crippen molar-refractivity contribution in [1.29, 1.82) is 0 Å². The Morgan fingerprint density at radius 3 is 2.56 bits per heavy atom. The number of likely N-dealkylation sites (tertiary alicyclic amines) is 1. The average molecular weight is 218 g/mol. The van der Waals surface area contributed by atoms with Crippen LogP contribution in [0.2, 0.25) is 0 Å². The highest BCUT2D eigenvalue weighted by Crippen LogP contribution is 2.10. The minimum absolute atomic E-state index is 0.659. The zero-order valence-corrected chi connectivity index (χ0v) is 9.61. The highest BCUT2D eigenvalue weighted by atomic mass is 15.3. The van der Waals surface area contributed by atoms with Gasteiger partial charge < -0.3 is 16.0 Å². The summed E-state index contributed by atoms with van der Waals surface area (Å²) in [4.78, 5) is 6.47. The Morgan fingerprint density at radius 1 is 1.38 bits per heavy atom. The van der Waals surface area contributed by atoms with Crippen molar-refractivity contribution in [2.75, 3.05) is 25.5 Å². The minimum Gasteiger partial charge on any atom is -0.388 e. The number of benzene rings is 1. The monoisotopic (exact) mass is 218 g/mol. The van der Waals surface area contributed by atoms with E-state index in [1.807, 2.05) is 19.2 Å². The number of hydrogen-bond donors (Lipinski definition) is 2. The van der Waals surface area contributed by atoms with Crippen LogP contribution in [0.25, 0.3) is 0 Å². The number of guanidine groups is 1. The van der Waals surface area contributed by atoms with Crippen molar-refractivity contribution in [3.8, 4) is 0 Å². The highest BCUT2D eigenvalue weighted by Gasteiger charge is 2.14. The van der Waals surface area contributed by atoms with Gasteiger partial charge in [-0.2, -0.15) is 0 Å². The third kappa shape index (κ3) is 2.45. The molecule has 0 aromatic heterocycles. The van der Waals surface area contributed by atoms with Crippen LogP contribution in [-0.2, 0) is 6.54 Å². The lowest BCUT2D eigenvalue weighted by Gasteiger charge is -2.31. The van der Waals surface area contributed by atoms with Gasteiger partial charge in [0, 0.05) is 25.8 Å². The molecule has 4 heteroatoms. The molecule has 1 aromatic carbocycles. The molecule has 0 saturated carbocycles. The van der Waals surface area contributed by atoms with Gasteiger partial charge in [0.15, 0.2) is 5.96 Å². The molecule has 0 radical (unpaired) electrons. The van der Waals surface area contributed by atoms with Crippen LogP contribution in [0.15, 0.2) is 29.3 Å². The topological polar surface area (TPSA) is 53.6 Å². The van der Waals surface area contributed by atoms with Gasteiger partial charge in [-0.05, 0) is 24.1 Å². The zero-order valence-electron chi connectivity index (χ0n) is 9.61. The van der Waals surface area contributed by atoms with Crippen LogP contribution in [0, 0.1) is 0 Å². The summed E-state index contributed by atoms with van der Waals surface area (Å²) in [5.41, 5.74) is 8.14. The molecule has 2 rings (SSSR count). The first-order valence-electron chi connectivity index (χ1n) is 5.61. The molecule has 4 nitrogen and oxygen atoms in total. The third-order valence-corrected chi connectivity index (χ3v) is 2.85. The van der Waals surface area contributed by atoms with Gasteiger partial charge in [0.1, 0.15) is 0 Å². The van der Waals surface area contributed by atoms with E-state index in [1.165, 1.54) is 12.0 Å². The lowest BCUT2D eigenvalue weighted by Crippen LogP contribution is -2.46. The van der Waals surface area contributed by atoms with E-state index in [4.69, 9.17) is 5.73 Å². The van der Waals surface area contributed by atoms with Gasteiger partial charge in [-0.1, -0.05) is 12.1 Å². The number of aliphatic imine (C=N–C) groups is 1. The largest absolute Gasteiger partial charge is 0.388 e. The Labute approximate surface area is 96.2 Å². The summed E-state index contributed by atoms with van der Waals surface area (Å²) in [6.45, 7) is 2.76. The van der Waals surface area contributed by atoms with Crippen molar-refractivity contribution in [1.82, 2.24) is 4.90 Å². The quantitative estimate of drug-likeness (QED) is 0.593. The maximum atomic E-state index is 5.85. The first-order valence-corrected chi connectivity index (χ1v) is 5.61. The van der Waals surface area contributed by atoms with Crippen LogP contribution in [0.3, 0.4) is 0 Å². The number of hydrogen-bond acceptors (Lipinski definition) is 2. The van der Waals surface area contributed by atoms with E-state index >= 15 is 0 Å². The molecule has 86 valence electrons.